The van der Waals surface area contributed by atoms with Crippen LogP contribution >= 0.6 is 0 Å². The summed E-state index contributed by atoms with van der Waals surface area (Å²) in [6.07, 6.45) is 6.34. The van der Waals surface area contributed by atoms with Crippen LogP contribution in [0.4, 0.5) is 0 Å². The SMILES string of the molecule is Cc1nccn1CCCCC(=O)NC(C)C. The molecular weight excluding hydrogens is 202 g/mol. The molecule has 0 fully saturated rings. The van der Waals surface area contributed by atoms with E-state index in [-0.39, 0.29) is 11.9 Å². The highest BCUT2D eigenvalue weighted by atomic mass is 16.1. The van der Waals surface area contributed by atoms with Gasteiger partial charge >= 0.3 is 0 Å². The summed E-state index contributed by atoms with van der Waals surface area (Å²) >= 11 is 0. The summed E-state index contributed by atoms with van der Waals surface area (Å²) in [6, 6.07) is 0.239. The van der Waals surface area contributed by atoms with Gasteiger partial charge in [-0.2, -0.15) is 0 Å². The first-order chi connectivity index (χ1) is 7.59. The van der Waals surface area contributed by atoms with Crippen LogP contribution in [0.15, 0.2) is 12.4 Å². The van der Waals surface area contributed by atoms with Crippen molar-refractivity contribution in [3.8, 4) is 0 Å². The smallest absolute Gasteiger partial charge is 0.220 e. The molecule has 0 aliphatic heterocycles. The van der Waals surface area contributed by atoms with Crippen LogP contribution in [0.3, 0.4) is 0 Å². The highest BCUT2D eigenvalue weighted by Crippen LogP contribution is 2.02. The van der Waals surface area contributed by atoms with E-state index in [0.29, 0.717) is 6.42 Å². The lowest BCUT2D eigenvalue weighted by Crippen LogP contribution is -2.29. The maximum absolute atomic E-state index is 11.4. The van der Waals surface area contributed by atoms with Crippen LogP contribution in [0.25, 0.3) is 0 Å². The minimum Gasteiger partial charge on any atom is -0.354 e. The molecule has 90 valence electrons. The van der Waals surface area contributed by atoms with Gasteiger partial charge in [-0.1, -0.05) is 0 Å². The Balaban J connectivity index is 2.13. The molecule has 0 unspecified atom stereocenters. The van der Waals surface area contributed by atoms with Gasteiger partial charge in [-0.25, -0.2) is 4.98 Å². The first-order valence-corrected chi connectivity index (χ1v) is 5.86. The highest BCUT2D eigenvalue weighted by molar-refractivity contribution is 5.76. The van der Waals surface area contributed by atoms with Crippen molar-refractivity contribution in [3.63, 3.8) is 0 Å². The van der Waals surface area contributed by atoms with Crippen molar-refractivity contribution >= 4 is 5.91 Å². The van der Waals surface area contributed by atoms with E-state index >= 15 is 0 Å². The minimum atomic E-state index is 0.150. The number of carbonyl (C=O) groups is 1. The van der Waals surface area contributed by atoms with Gasteiger partial charge in [-0.3, -0.25) is 4.79 Å². The third-order valence-electron chi connectivity index (χ3n) is 2.43. The van der Waals surface area contributed by atoms with E-state index in [9.17, 15) is 4.79 Å². The zero-order valence-corrected chi connectivity index (χ0v) is 10.4. The molecule has 0 radical (unpaired) electrons. The second-order valence-electron chi connectivity index (χ2n) is 4.35. The van der Waals surface area contributed by atoms with Gasteiger partial charge < -0.3 is 9.88 Å². The van der Waals surface area contributed by atoms with Crippen molar-refractivity contribution in [1.82, 2.24) is 14.9 Å². The standard InChI is InChI=1S/C12H21N3O/c1-10(2)14-12(16)6-4-5-8-15-9-7-13-11(15)3/h7,9-10H,4-6,8H2,1-3H3,(H,14,16). The molecule has 1 aromatic heterocycles. The number of amides is 1. The number of nitrogens with one attached hydrogen (secondary N) is 1. The molecule has 1 aromatic rings. The molecule has 4 heteroatoms. The molecule has 4 nitrogen and oxygen atoms in total. The van der Waals surface area contributed by atoms with Gasteiger partial charge in [0, 0.05) is 31.4 Å². The molecule has 16 heavy (non-hydrogen) atoms. The monoisotopic (exact) mass is 223 g/mol. The molecule has 0 saturated heterocycles. The molecule has 0 aromatic carbocycles. The summed E-state index contributed by atoms with van der Waals surface area (Å²) < 4.78 is 2.11. The first kappa shape index (κ1) is 12.7. The summed E-state index contributed by atoms with van der Waals surface area (Å²) in [7, 11) is 0. The van der Waals surface area contributed by atoms with Crippen molar-refractivity contribution in [1.29, 1.82) is 0 Å². The van der Waals surface area contributed by atoms with Gasteiger partial charge in [0.1, 0.15) is 5.82 Å². The molecule has 0 atom stereocenters. The van der Waals surface area contributed by atoms with E-state index < -0.39 is 0 Å². The number of rotatable bonds is 6. The number of imidazole rings is 1. The third-order valence-corrected chi connectivity index (χ3v) is 2.43. The molecule has 1 rings (SSSR count). The second-order valence-corrected chi connectivity index (χ2v) is 4.35. The molecule has 0 spiro atoms. The Morgan fingerprint density at radius 3 is 2.81 bits per heavy atom. The van der Waals surface area contributed by atoms with Gasteiger partial charge in [0.25, 0.3) is 0 Å². The Morgan fingerprint density at radius 2 is 2.25 bits per heavy atom. The fourth-order valence-electron chi connectivity index (χ4n) is 1.60. The zero-order valence-electron chi connectivity index (χ0n) is 10.4. The van der Waals surface area contributed by atoms with Gasteiger partial charge in [-0.15, -0.1) is 0 Å². The Bertz CT molecular complexity index is 331. The van der Waals surface area contributed by atoms with Gasteiger partial charge in [0.15, 0.2) is 0 Å². The largest absolute Gasteiger partial charge is 0.354 e. The number of carbonyl (C=O) groups excluding carboxylic acids is 1. The van der Waals surface area contributed by atoms with Crippen LogP contribution in [0.2, 0.25) is 0 Å². The average molecular weight is 223 g/mol. The molecule has 1 amide bonds. The quantitative estimate of drug-likeness (QED) is 0.749. The summed E-state index contributed by atoms with van der Waals surface area (Å²) in [6.45, 7) is 6.89. The van der Waals surface area contributed by atoms with E-state index in [0.717, 1.165) is 25.2 Å². The molecule has 0 saturated carbocycles. The fraction of sp³-hybridized carbons (Fsp3) is 0.667. The van der Waals surface area contributed by atoms with Gasteiger partial charge in [-0.05, 0) is 33.6 Å². The number of aromatic nitrogens is 2. The summed E-state index contributed by atoms with van der Waals surface area (Å²) in [5, 5.41) is 2.89. The molecule has 0 aliphatic carbocycles. The van der Waals surface area contributed by atoms with E-state index in [1.807, 2.05) is 27.0 Å². The van der Waals surface area contributed by atoms with Crippen molar-refractivity contribution in [3.05, 3.63) is 18.2 Å². The van der Waals surface area contributed by atoms with Gasteiger partial charge in [0.05, 0.1) is 0 Å². The van der Waals surface area contributed by atoms with Crippen molar-refractivity contribution in [2.75, 3.05) is 0 Å². The Morgan fingerprint density at radius 1 is 1.50 bits per heavy atom. The van der Waals surface area contributed by atoms with Crippen LogP contribution < -0.4 is 5.32 Å². The molecule has 1 heterocycles. The van der Waals surface area contributed by atoms with E-state index in [4.69, 9.17) is 0 Å². The number of unbranched alkanes of at least 4 members (excludes halogenated alkanes) is 1. The maximum Gasteiger partial charge on any atom is 0.220 e. The highest BCUT2D eigenvalue weighted by Gasteiger charge is 2.03. The predicted octanol–water partition coefficient (Wildman–Crippen LogP) is 1.89. The van der Waals surface area contributed by atoms with Gasteiger partial charge in [0.2, 0.25) is 5.91 Å². The predicted molar refractivity (Wildman–Crippen MR) is 64.1 cm³/mol. The lowest BCUT2D eigenvalue weighted by atomic mass is 10.2. The summed E-state index contributed by atoms with van der Waals surface area (Å²) in [4.78, 5) is 15.5. The van der Waals surface area contributed by atoms with E-state index in [1.165, 1.54) is 0 Å². The van der Waals surface area contributed by atoms with Crippen LogP contribution in [0.5, 0.6) is 0 Å². The number of hydrogen-bond donors (Lipinski definition) is 1. The van der Waals surface area contributed by atoms with Crippen LogP contribution in [-0.2, 0) is 11.3 Å². The Labute approximate surface area is 97.1 Å². The molecule has 0 bridgehead atoms. The Hall–Kier alpha value is -1.32. The van der Waals surface area contributed by atoms with Crippen LogP contribution in [0, 0.1) is 6.92 Å². The number of hydrogen-bond acceptors (Lipinski definition) is 2. The minimum absolute atomic E-state index is 0.150. The lowest BCUT2D eigenvalue weighted by Gasteiger charge is -2.08. The van der Waals surface area contributed by atoms with Crippen molar-refractivity contribution < 1.29 is 4.79 Å². The van der Waals surface area contributed by atoms with Crippen molar-refractivity contribution in [2.45, 2.75) is 52.6 Å². The second kappa shape index (κ2) is 6.30. The Kier molecular flexibility index (Phi) is 5.02. The van der Waals surface area contributed by atoms with Crippen LogP contribution in [-0.4, -0.2) is 21.5 Å². The van der Waals surface area contributed by atoms with E-state index in [2.05, 4.69) is 14.9 Å². The van der Waals surface area contributed by atoms with Crippen molar-refractivity contribution in [2.24, 2.45) is 0 Å². The number of nitrogens with zero attached hydrogens (tertiary/aromatic N) is 2. The topological polar surface area (TPSA) is 46.9 Å². The van der Waals surface area contributed by atoms with Crippen LogP contribution in [0.1, 0.15) is 38.9 Å². The normalized spacial score (nSPS) is 10.8. The maximum atomic E-state index is 11.4. The molecule has 1 N–H and O–H groups in total. The molecular formula is C12H21N3O. The molecule has 0 aliphatic rings. The van der Waals surface area contributed by atoms with E-state index in [1.54, 1.807) is 6.20 Å². The zero-order chi connectivity index (χ0) is 12.0. The average Bonchev–Trinajstić information content (AvgIpc) is 2.58. The lowest BCUT2D eigenvalue weighted by molar-refractivity contribution is -0.121. The fourth-order valence-corrected chi connectivity index (χ4v) is 1.60. The first-order valence-electron chi connectivity index (χ1n) is 5.86. The summed E-state index contributed by atoms with van der Waals surface area (Å²) in [5.74, 6) is 1.18. The third kappa shape index (κ3) is 4.47. The number of aryl methyl sites for hydroxylation is 2. The summed E-state index contributed by atoms with van der Waals surface area (Å²) in [5.41, 5.74) is 0.